The number of halogens is 3. The van der Waals surface area contributed by atoms with Crippen molar-refractivity contribution in [2.24, 2.45) is 5.73 Å². The fourth-order valence-corrected chi connectivity index (χ4v) is 2.07. The van der Waals surface area contributed by atoms with Crippen LogP contribution < -0.4 is 5.73 Å². The molecule has 9 heteroatoms. The van der Waals surface area contributed by atoms with E-state index in [0.29, 0.717) is 24.6 Å². The summed E-state index contributed by atoms with van der Waals surface area (Å²) in [5.41, 5.74) is 4.79. The molecule has 3 rings (SSSR count). The second kappa shape index (κ2) is 4.85. The summed E-state index contributed by atoms with van der Waals surface area (Å²) >= 11 is 0. The zero-order chi connectivity index (χ0) is 15.0. The van der Waals surface area contributed by atoms with Crippen molar-refractivity contribution in [1.82, 2.24) is 24.1 Å². The second-order valence-electron chi connectivity index (χ2n) is 4.36. The molecule has 6 nitrogen and oxygen atoms in total. The summed E-state index contributed by atoms with van der Waals surface area (Å²) in [5.74, 6) is 0.967. The molecular formula is C12H11F3N6. The van der Waals surface area contributed by atoms with Gasteiger partial charge in [-0.3, -0.25) is 4.57 Å². The Morgan fingerprint density at radius 1 is 1.14 bits per heavy atom. The molecule has 0 aliphatic carbocycles. The zero-order valence-corrected chi connectivity index (χ0v) is 10.7. The van der Waals surface area contributed by atoms with Crippen LogP contribution in [0.2, 0.25) is 0 Å². The van der Waals surface area contributed by atoms with E-state index in [4.69, 9.17) is 5.73 Å². The number of rotatable bonds is 3. The lowest BCUT2D eigenvalue weighted by Crippen LogP contribution is -2.10. The van der Waals surface area contributed by atoms with Gasteiger partial charge in [0.1, 0.15) is 11.3 Å². The number of fused-ring (bicyclic) bond motifs is 1. The SMILES string of the molecule is NCCc1nccn1-c1nccn2nc(C(F)(F)F)cc12. The van der Waals surface area contributed by atoms with Gasteiger partial charge in [0, 0.05) is 37.3 Å². The molecule has 3 heterocycles. The number of hydrogen-bond acceptors (Lipinski definition) is 4. The molecule has 0 atom stereocenters. The molecule has 0 amide bonds. The molecule has 0 saturated heterocycles. The van der Waals surface area contributed by atoms with E-state index in [9.17, 15) is 13.2 Å². The topological polar surface area (TPSA) is 74.0 Å². The predicted molar refractivity (Wildman–Crippen MR) is 67.9 cm³/mol. The Bertz CT molecular complexity index is 773. The molecule has 0 fully saturated rings. The Morgan fingerprint density at radius 3 is 2.62 bits per heavy atom. The summed E-state index contributed by atoms with van der Waals surface area (Å²) < 4.78 is 41.1. The van der Waals surface area contributed by atoms with Gasteiger partial charge in [0.15, 0.2) is 11.5 Å². The minimum Gasteiger partial charge on any atom is -0.330 e. The molecule has 0 spiro atoms. The molecule has 3 aromatic rings. The first kappa shape index (κ1) is 13.6. The fraction of sp³-hybridized carbons (Fsp3) is 0.250. The molecule has 0 bridgehead atoms. The molecule has 0 unspecified atom stereocenters. The van der Waals surface area contributed by atoms with Gasteiger partial charge in [0.05, 0.1) is 0 Å². The van der Waals surface area contributed by atoms with Crippen molar-refractivity contribution in [3.05, 3.63) is 42.4 Å². The highest BCUT2D eigenvalue weighted by Crippen LogP contribution is 2.29. The van der Waals surface area contributed by atoms with Crippen molar-refractivity contribution in [1.29, 1.82) is 0 Å². The average molecular weight is 296 g/mol. The van der Waals surface area contributed by atoms with Gasteiger partial charge in [0.25, 0.3) is 0 Å². The highest BCUT2D eigenvalue weighted by atomic mass is 19.4. The Balaban J connectivity index is 2.19. The van der Waals surface area contributed by atoms with Crippen molar-refractivity contribution >= 4 is 5.52 Å². The molecule has 0 radical (unpaired) electrons. The number of alkyl halides is 3. The van der Waals surface area contributed by atoms with Crippen LogP contribution in [0.1, 0.15) is 11.5 Å². The van der Waals surface area contributed by atoms with Gasteiger partial charge < -0.3 is 5.73 Å². The third-order valence-corrected chi connectivity index (χ3v) is 2.97. The first-order valence-electron chi connectivity index (χ1n) is 6.15. The first-order chi connectivity index (χ1) is 10.0. The molecule has 0 saturated carbocycles. The summed E-state index contributed by atoms with van der Waals surface area (Å²) in [5, 5.41) is 3.52. The van der Waals surface area contributed by atoms with Crippen LogP contribution in [0.5, 0.6) is 0 Å². The van der Waals surface area contributed by atoms with Crippen LogP contribution in [-0.2, 0) is 12.6 Å². The van der Waals surface area contributed by atoms with E-state index in [2.05, 4.69) is 15.1 Å². The third kappa shape index (κ3) is 2.35. The molecule has 110 valence electrons. The van der Waals surface area contributed by atoms with E-state index in [0.717, 1.165) is 10.6 Å². The van der Waals surface area contributed by atoms with E-state index in [-0.39, 0.29) is 5.52 Å². The van der Waals surface area contributed by atoms with E-state index in [1.54, 1.807) is 17.0 Å². The lowest BCUT2D eigenvalue weighted by atomic mass is 10.3. The molecule has 3 aromatic heterocycles. The first-order valence-corrected chi connectivity index (χ1v) is 6.15. The van der Waals surface area contributed by atoms with Gasteiger partial charge >= 0.3 is 6.18 Å². The van der Waals surface area contributed by atoms with Crippen molar-refractivity contribution in [3.63, 3.8) is 0 Å². The maximum Gasteiger partial charge on any atom is 0.435 e. The van der Waals surface area contributed by atoms with Crippen molar-refractivity contribution in [2.45, 2.75) is 12.6 Å². The van der Waals surface area contributed by atoms with Gasteiger partial charge in [-0.15, -0.1) is 0 Å². The Morgan fingerprint density at radius 2 is 1.90 bits per heavy atom. The lowest BCUT2D eigenvalue weighted by molar-refractivity contribution is -0.141. The van der Waals surface area contributed by atoms with E-state index < -0.39 is 11.9 Å². The Labute approximate surface area is 117 Å². The quantitative estimate of drug-likeness (QED) is 0.793. The number of aromatic nitrogens is 5. The van der Waals surface area contributed by atoms with Crippen LogP contribution in [0.3, 0.4) is 0 Å². The van der Waals surface area contributed by atoms with Crippen molar-refractivity contribution in [2.75, 3.05) is 6.54 Å². The standard InChI is InChI=1S/C12H11F3N6/c13-12(14,15)9-7-8-11(18-4-6-21(8)19-9)20-5-3-17-10(20)1-2-16/h3-7H,1-2,16H2. The summed E-state index contributed by atoms with van der Waals surface area (Å²) in [7, 11) is 0. The highest BCUT2D eigenvalue weighted by molar-refractivity contribution is 5.61. The Hall–Kier alpha value is -2.42. The summed E-state index contributed by atoms with van der Waals surface area (Å²) in [6, 6.07) is 0.967. The largest absolute Gasteiger partial charge is 0.435 e. The van der Waals surface area contributed by atoms with Crippen molar-refractivity contribution < 1.29 is 13.2 Å². The van der Waals surface area contributed by atoms with E-state index in [1.807, 2.05) is 0 Å². The molecule has 2 N–H and O–H groups in total. The van der Waals surface area contributed by atoms with Crippen LogP contribution in [0.15, 0.2) is 30.9 Å². The maximum atomic E-state index is 12.8. The molecule has 21 heavy (non-hydrogen) atoms. The van der Waals surface area contributed by atoms with Crippen LogP contribution in [0, 0.1) is 0 Å². The highest BCUT2D eigenvalue weighted by Gasteiger charge is 2.34. The summed E-state index contributed by atoms with van der Waals surface area (Å²) in [6.07, 6.45) is 1.94. The summed E-state index contributed by atoms with van der Waals surface area (Å²) in [6.45, 7) is 0.382. The second-order valence-corrected chi connectivity index (χ2v) is 4.36. The van der Waals surface area contributed by atoms with Gasteiger partial charge in [-0.05, 0) is 6.54 Å². The zero-order valence-electron chi connectivity index (χ0n) is 10.7. The van der Waals surface area contributed by atoms with E-state index in [1.165, 1.54) is 12.4 Å². The average Bonchev–Trinajstić information content (AvgIpc) is 3.03. The monoisotopic (exact) mass is 296 g/mol. The minimum absolute atomic E-state index is 0.251. The normalized spacial score (nSPS) is 12.2. The smallest absolute Gasteiger partial charge is 0.330 e. The fourth-order valence-electron chi connectivity index (χ4n) is 2.07. The summed E-state index contributed by atoms with van der Waals surface area (Å²) in [4.78, 5) is 8.28. The van der Waals surface area contributed by atoms with Crippen molar-refractivity contribution in [3.8, 4) is 5.82 Å². The lowest BCUT2D eigenvalue weighted by Gasteiger charge is -2.07. The van der Waals surface area contributed by atoms with Gasteiger partial charge in [-0.25, -0.2) is 14.5 Å². The number of nitrogens with two attached hydrogens (primary N) is 1. The molecule has 0 aliphatic rings. The van der Waals surface area contributed by atoms with Crippen LogP contribution >= 0.6 is 0 Å². The maximum absolute atomic E-state index is 12.8. The van der Waals surface area contributed by atoms with Crippen LogP contribution in [0.4, 0.5) is 13.2 Å². The number of hydrogen-bond donors (Lipinski definition) is 1. The molecule has 0 aliphatic heterocycles. The van der Waals surface area contributed by atoms with Crippen LogP contribution in [-0.4, -0.2) is 30.7 Å². The molecule has 0 aromatic carbocycles. The van der Waals surface area contributed by atoms with Crippen LogP contribution in [0.25, 0.3) is 11.3 Å². The number of imidazole rings is 1. The van der Waals surface area contributed by atoms with Gasteiger partial charge in [-0.1, -0.05) is 0 Å². The Kier molecular flexibility index (Phi) is 3.13. The predicted octanol–water partition coefficient (Wildman–Crippen LogP) is 1.43. The van der Waals surface area contributed by atoms with E-state index >= 15 is 0 Å². The third-order valence-electron chi connectivity index (χ3n) is 2.97. The van der Waals surface area contributed by atoms with Gasteiger partial charge in [-0.2, -0.15) is 18.3 Å². The minimum atomic E-state index is -4.50. The number of nitrogens with zero attached hydrogens (tertiary/aromatic N) is 5. The van der Waals surface area contributed by atoms with Gasteiger partial charge in [0.2, 0.25) is 0 Å². The molecular weight excluding hydrogens is 285 g/mol.